The SMILES string of the molecule is CC(c1ccc(S(N)(=O)=O)cc1)N1C(=O)C2C[C@H]1CN2CC(NC(=O)OC(C)(C)C)C(=O)N1CCCC1C#N. The van der Waals surface area contributed by atoms with Crippen LogP contribution in [-0.4, -0.2) is 90.4 Å². The Morgan fingerprint density at radius 2 is 1.92 bits per heavy atom. The normalized spacial score (nSPS) is 24.9. The quantitative estimate of drug-likeness (QED) is 0.500. The monoisotopic (exact) mass is 560 g/mol. The Morgan fingerprint density at radius 3 is 2.49 bits per heavy atom. The average Bonchev–Trinajstić information content (AvgIpc) is 3.55. The lowest BCUT2D eigenvalue weighted by molar-refractivity contribution is -0.141. The Hall–Kier alpha value is -3.21. The fraction of sp³-hybridized carbons (Fsp3) is 0.615. The molecule has 0 spiro atoms. The van der Waals surface area contributed by atoms with E-state index in [4.69, 9.17) is 9.88 Å². The van der Waals surface area contributed by atoms with Crippen molar-refractivity contribution in [2.45, 2.75) is 87.7 Å². The van der Waals surface area contributed by atoms with Gasteiger partial charge < -0.3 is 19.9 Å². The molecule has 0 aromatic heterocycles. The number of carbonyl (C=O) groups excluding carboxylic acids is 3. The molecule has 13 heteroatoms. The van der Waals surface area contributed by atoms with Crippen molar-refractivity contribution in [1.29, 1.82) is 5.26 Å². The summed E-state index contributed by atoms with van der Waals surface area (Å²) in [5, 5.41) is 17.4. The summed E-state index contributed by atoms with van der Waals surface area (Å²) in [6.45, 7) is 8.14. The number of nitrogens with two attached hydrogens (primary N) is 1. The maximum atomic E-state index is 13.5. The van der Waals surface area contributed by atoms with E-state index in [2.05, 4.69) is 11.4 Å². The van der Waals surface area contributed by atoms with Crippen LogP contribution in [0.15, 0.2) is 29.2 Å². The molecule has 3 aliphatic heterocycles. The van der Waals surface area contributed by atoms with Gasteiger partial charge in [-0.2, -0.15) is 5.26 Å². The van der Waals surface area contributed by atoms with Gasteiger partial charge in [0.15, 0.2) is 0 Å². The third-order valence-electron chi connectivity index (χ3n) is 7.51. The summed E-state index contributed by atoms with van der Waals surface area (Å²) >= 11 is 0. The number of alkyl carbamates (subject to hydrolysis) is 1. The lowest BCUT2D eigenvalue weighted by Gasteiger charge is -2.39. The van der Waals surface area contributed by atoms with Gasteiger partial charge in [-0.05, 0) is 64.7 Å². The Bertz CT molecular complexity index is 1270. The zero-order valence-corrected chi connectivity index (χ0v) is 23.5. The van der Waals surface area contributed by atoms with Crippen LogP contribution in [0.4, 0.5) is 4.79 Å². The van der Waals surface area contributed by atoms with Gasteiger partial charge in [-0.25, -0.2) is 18.4 Å². The molecule has 212 valence electrons. The molecule has 3 saturated heterocycles. The molecule has 3 heterocycles. The van der Waals surface area contributed by atoms with Gasteiger partial charge in [0.25, 0.3) is 0 Å². The van der Waals surface area contributed by atoms with Gasteiger partial charge in [0, 0.05) is 25.7 Å². The molecule has 4 rings (SSSR count). The number of piperazine rings is 1. The van der Waals surface area contributed by atoms with Crippen molar-refractivity contribution in [2.24, 2.45) is 5.14 Å². The largest absolute Gasteiger partial charge is 0.444 e. The fourth-order valence-corrected chi connectivity index (χ4v) is 6.25. The number of sulfonamides is 1. The van der Waals surface area contributed by atoms with E-state index in [1.54, 1.807) is 37.8 Å². The lowest BCUT2D eigenvalue weighted by atomic mass is 10.1. The van der Waals surface area contributed by atoms with E-state index in [1.807, 2.05) is 11.8 Å². The average molecular weight is 561 g/mol. The van der Waals surface area contributed by atoms with E-state index in [9.17, 15) is 28.1 Å². The summed E-state index contributed by atoms with van der Waals surface area (Å²) in [6.07, 6.45) is 1.14. The van der Waals surface area contributed by atoms with Gasteiger partial charge in [0.1, 0.15) is 17.7 Å². The van der Waals surface area contributed by atoms with Gasteiger partial charge in [0.2, 0.25) is 21.8 Å². The molecule has 12 nitrogen and oxygen atoms in total. The topological polar surface area (TPSA) is 166 Å². The van der Waals surface area contributed by atoms with E-state index in [0.29, 0.717) is 32.4 Å². The molecule has 0 radical (unpaired) electrons. The Morgan fingerprint density at radius 1 is 1.26 bits per heavy atom. The number of rotatable bonds is 7. The number of nitrogens with one attached hydrogen (secondary N) is 1. The van der Waals surface area contributed by atoms with Crippen LogP contribution >= 0.6 is 0 Å². The molecule has 3 fully saturated rings. The number of carbonyl (C=O) groups is 3. The molecule has 3 aliphatic rings. The van der Waals surface area contributed by atoms with Crippen LogP contribution in [0.5, 0.6) is 0 Å². The first kappa shape index (κ1) is 28.8. The van der Waals surface area contributed by atoms with Crippen LogP contribution in [0.2, 0.25) is 0 Å². The summed E-state index contributed by atoms with van der Waals surface area (Å²) in [7, 11) is -3.81. The van der Waals surface area contributed by atoms with E-state index in [-0.39, 0.29) is 35.3 Å². The number of ether oxygens (including phenoxy) is 1. The molecule has 4 unspecified atom stereocenters. The summed E-state index contributed by atoms with van der Waals surface area (Å²) in [6, 6.07) is 5.96. The summed E-state index contributed by atoms with van der Waals surface area (Å²) in [4.78, 5) is 44.8. The smallest absolute Gasteiger partial charge is 0.408 e. The molecule has 0 saturated carbocycles. The molecule has 5 atom stereocenters. The van der Waals surface area contributed by atoms with E-state index in [0.717, 1.165) is 5.56 Å². The first-order valence-electron chi connectivity index (χ1n) is 13.1. The highest BCUT2D eigenvalue weighted by Crippen LogP contribution is 2.38. The molecule has 2 bridgehead atoms. The van der Waals surface area contributed by atoms with Gasteiger partial charge in [-0.3, -0.25) is 14.5 Å². The van der Waals surface area contributed by atoms with Crippen molar-refractivity contribution in [3.05, 3.63) is 29.8 Å². The highest BCUT2D eigenvalue weighted by atomic mass is 32.2. The summed E-state index contributed by atoms with van der Waals surface area (Å²) in [5.41, 5.74) is 0.0258. The Labute approximate surface area is 229 Å². The number of hydrogen-bond donors (Lipinski definition) is 2. The van der Waals surface area contributed by atoms with Crippen molar-refractivity contribution in [3.63, 3.8) is 0 Å². The molecule has 3 amide bonds. The second-order valence-corrected chi connectivity index (χ2v) is 13.0. The van der Waals surface area contributed by atoms with Crippen molar-refractivity contribution in [3.8, 4) is 6.07 Å². The highest BCUT2D eigenvalue weighted by Gasteiger charge is 2.52. The number of amides is 3. The number of fused-ring (bicyclic) bond motifs is 2. The first-order chi connectivity index (χ1) is 18.2. The lowest BCUT2D eigenvalue weighted by Crippen LogP contribution is -2.59. The van der Waals surface area contributed by atoms with Crippen LogP contribution in [0, 0.1) is 11.3 Å². The fourth-order valence-electron chi connectivity index (χ4n) is 5.73. The van der Waals surface area contributed by atoms with Gasteiger partial charge in [0.05, 0.1) is 23.0 Å². The minimum Gasteiger partial charge on any atom is -0.444 e. The molecule has 0 aliphatic carbocycles. The zero-order chi connectivity index (χ0) is 28.7. The summed E-state index contributed by atoms with van der Waals surface area (Å²) < 4.78 is 28.6. The summed E-state index contributed by atoms with van der Waals surface area (Å²) in [5.74, 6) is -0.450. The van der Waals surface area contributed by atoms with Crippen molar-refractivity contribution >= 4 is 27.9 Å². The van der Waals surface area contributed by atoms with Crippen molar-refractivity contribution in [2.75, 3.05) is 19.6 Å². The third kappa shape index (κ3) is 6.18. The van der Waals surface area contributed by atoms with E-state index >= 15 is 0 Å². The second-order valence-electron chi connectivity index (χ2n) is 11.4. The third-order valence-corrected chi connectivity index (χ3v) is 8.44. The number of primary sulfonamides is 1. The van der Waals surface area contributed by atoms with Gasteiger partial charge in [-0.15, -0.1) is 0 Å². The number of benzene rings is 1. The van der Waals surface area contributed by atoms with Gasteiger partial charge >= 0.3 is 6.09 Å². The Balaban J connectivity index is 1.47. The highest BCUT2D eigenvalue weighted by molar-refractivity contribution is 7.89. The van der Waals surface area contributed by atoms with Crippen LogP contribution < -0.4 is 10.5 Å². The van der Waals surface area contributed by atoms with Crippen LogP contribution in [0.3, 0.4) is 0 Å². The first-order valence-corrected chi connectivity index (χ1v) is 14.6. The molecule has 3 N–H and O–H groups in total. The predicted molar refractivity (Wildman–Crippen MR) is 140 cm³/mol. The predicted octanol–water partition coefficient (Wildman–Crippen LogP) is 1.09. The minimum atomic E-state index is -3.81. The van der Waals surface area contributed by atoms with Crippen LogP contribution in [0.25, 0.3) is 0 Å². The molecular formula is C26H36N6O6S. The maximum Gasteiger partial charge on any atom is 0.408 e. The zero-order valence-electron chi connectivity index (χ0n) is 22.7. The van der Waals surface area contributed by atoms with E-state index < -0.39 is 39.8 Å². The number of hydrogen-bond acceptors (Lipinski definition) is 8. The van der Waals surface area contributed by atoms with Gasteiger partial charge in [-0.1, -0.05) is 12.1 Å². The maximum absolute atomic E-state index is 13.5. The minimum absolute atomic E-state index is 0.00345. The van der Waals surface area contributed by atoms with Crippen LogP contribution in [0.1, 0.15) is 58.6 Å². The number of nitrogens with zero attached hydrogens (tertiary/aromatic N) is 4. The Kier molecular flexibility index (Phi) is 7.93. The van der Waals surface area contributed by atoms with Crippen molar-refractivity contribution < 1.29 is 27.5 Å². The van der Waals surface area contributed by atoms with E-state index in [1.165, 1.54) is 17.0 Å². The second kappa shape index (κ2) is 10.7. The standard InChI is InChI=1S/C26H36N6O6S/c1-16(17-7-9-20(10-8-17)39(28,36)37)32-19-12-22(24(32)34)30(14-19)15-21(29-25(35)38-26(2,3)4)23(33)31-11-5-6-18(31)13-27/h7-10,16,18-19,21-22H,5-6,11-12,14-15H2,1-4H3,(H,29,35)(H2,28,36,37)/t16?,18?,19-,21?,22?/m0/s1. The van der Waals surface area contributed by atoms with Crippen LogP contribution in [-0.2, 0) is 24.3 Å². The number of nitriles is 1. The number of likely N-dealkylation sites (tertiary alicyclic amines) is 3. The molecular weight excluding hydrogens is 524 g/mol. The molecule has 1 aromatic rings. The molecule has 1 aromatic carbocycles. The molecule has 39 heavy (non-hydrogen) atoms. The van der Waals surface area contributed by atoms with Crippen molar-refractivity contribution in [1.82, 2.24) is 20.0 Å².